The smallest absolute Gasteiger partial charge is 0.223 e. The molecule has 1 rings (SSSR count). The van der Waals surface area contributed by atoms with Crippen LogP contribution in [0, 0.1) is 17.8 Å². The average molecular weight is 256 g/mol. The topological polar surface area (TPSA) is 75.3 Å². The average Bonchev–Trinajstić information content (AvgIpc) is 2.35. The highest BCUT2D eigenvalue weighted by Gasteiger charge is 2.25. The lowest BCUT2D eigenvalue weighted by Crippen LogP contribution is -2.38. The molecule has 1 aliphatic rings. The highest BCUT2D eigenvalue weighted by Crippen LogP contribution is 2.28. The third kappa shape index (κ3) is 5.36. The van der Waals surface area contributed by atoms with E-state index in [0.29, 0.717) is 18.4 Å². The van der Waals surface area contributed by atoms with Crippen LogP contribution in [-0.4, -0.2) is 30.2 Å². The van der Waals surface area contributed by atoms with E-state index >= 15 is 0 Å². The van der Waals surface area contributed by atoms with Gasteiger partial charge in [-0.15, -0.1) is 0 Å². The Labute approximate surface area is 110 Å². The van der Waals surface area contributed by atoms with Gasteiger partial charge in [-0.05, 0) is 50.5 Å². The summed E-state index contributed by atoms with van der Waals surface area (Å²) in [6, 6.07) is 0. The molecule has 1 amide bonds. The summed E-state index contributed by atoms with van der Waals surface area (Å²) in [6.07, 6.45) is 4.31. The number of nitrogens with one attached hydrogen (secondary N) is 1. The van der Waals surface area contributed by atoms with Gasteiger partial charge in [0.05, 0.1) is 6.10 Å². The molecule has 0 radical (unpaired) electrons. The first kappa shape index (κ1) is 15.4. The third-order valence-corrected chi connectivity index (χ3v) is 3.81. The zero-order chi connectivity index (χ0) is 13.5. The molecule has 1 unspecified atom stereocenters. The van der Waals surface area contributed by atoms with E-state index in [2.05, 4.69) is 19.2 Å². The Balaban J connectivity index is 2.21. The molecule has 4 nitrogen and oxygen atoms in total. The minimum Gasteiger partial charge on any atom is -0.391 e. The predicted molar refractivity (Wildman–Crippen MR) is 73.0 cm³/mol. The summed E-state index contributed by atoms with van der Waals surface area (Å²) < 4.78 is 0. The molecular weight excluding hydrogens is 228 g/mol. The number of rotatable bonds is 6. The van der Waals surface area contributed by atoms with Crippen molar-refractivity contribution in [1.29, 1.82) is 0 Å². The van der Waals surface area contributed by atoms with E-state index in [1.807, 2.05) is 0 Å². The summed E-state index contributed by atoms with van der Waals surface area (Å²) in [5.41, 5.74) is 5.64. The molecule has 0 saturated heterocycles. The fraction of sp³-hybridized carbons (Fsp3) is 0.929. The number of carbonyl (C=O) groups is 1. The van der Waals surface area contributed by atoms with Crippen molar-refractivity contribution in [2.24, 2.45) is 23.5 Å². The van der Waals surface area contributed by atoms with Crippen molar-refractivity contribution in [1.82, 2.24) is 5.32 Å². The van der Waals surface area contributed by atoms with Crippen LogP contribution >= 0.6 is 0 Å². The van der Waals surface area contributed by atoms with Crippen molar-refractivity contribution in [3.8, 4) is 0 Å². The first-order valence-electron chi connectivity index (χ1n) is 7.18. The standard InChI is InChI=1S/C14H28N2O2/c1-10(2)7-13(17)9-16-14(18)12-5-3-11(8-15)4-6-12/h10-13,17H,3-9,15H2,1-2H3,(H,16,18). The van der Waals surface area contributed by atoms with Crippen LogP contribution in [0.15, 0.2) is 0 Å². The Morgan fingerprint density at radius 2 is 1.94 bits per heavy atom. The highest BCUT2D eigenvalue weighted by molar-refractivity contribution is 5.78. The molecule has 1 saturated carbocycles. The summed E-state index contributed by atoms with van der Waals surface area (Å²) in [7, 11) is 0. The summed E-state index contributed by atoms with van der Waals surface area (Å²) in [5.74, 6) is 1.28. The number of nitrogens with two attached hydrogens (primary N) is 1. The van der Waals surface area contributed by atoms with Gasteiger partial charge in [0, 0.05) is 12.5 Å². The van der Waals surface area contributed by atoms with Gasteiger partial charge in [-0.25, -0.2) is 0 Å². The van der Waals surface area contributed by atoms with Gasteiger partial charge in [0.2, 0.25) is 5.91 Å². The molecule has 106 valence electrons. The number of amides is 1. The molecule has 4 N–H and O–H groups in total. The Morgan fingerprint density at radius 1 is 1.33 bits per heavy atom. The SMILES string of the molecule is CC(C)CC(O)CNC(=O)C1CCC(CN)CC1. The van der Waals surface area contributed by atoms with Crippen LogP contribution in [-0.2, 0) is 4.79 Å². The van der Waals surface area contributed by atoms with Crippen molar-refractivity contribution in [3.05, 3.63) is 0 Å². The Kier molecular flexibility index (Phi) is 6.65. The second kappa shape index (κ2) is 7.74. The molecule has 0 bridgehead atoms. The van der Waals surface area contributed by atoms with Crippen LogP contribution in [0.2, 0.25) is 0 Å². The zero-order valence-corrected chi connectivity index (χ0v) is 11.7. The molecule has 1 atom stereocenters. The summed E-state index contributed by atoms with van der Waals surface area (Å²) >= 11 is 0. The molecule has 0 aromatic heterocycles. The van der Waals surface area contributed by atoms with Crippen LogP contribution in [0.4, 0.5) is 0 Å². The molecular formula is C14H28N2O2. The van der Waals surface area contributed by atoms with Crippen LogP contribution in [0.5, 0.6) is 0 Å². The maximum atomic E-state index is 11.9. The zero-order valence-electron chi connectivity index (χ0n) is 11.7. The number of hydrogen-bond donors (Lipinski definition) is 3. The molecule has 0 spiro atoms. The van der Waals surface area contributed by atoms with Gasteiger partial charge >= 0.3 is 0 Å². The normalized spacial score (nSPS) is 26.1. The molecule has 1 fully saturated rings. The van der Waals surface area contributed by atoms with Crippen LogP contribution in [0.3, 0.4) is 0 Å². The van der Waals surface area contributed by atoms with Gasteiger partial charge in [0.1, 0.15) is 0 Å². The van der Waals surface area contributed by atoms with E-state index in [1.165, 1.54) is 0 Å². The fourth-order valence-corrected chi connectivity index (χ4v) is 2.65. The number of aliphatic hydroxyl groups excluding tert-OH is 1. The molecule has 0 aliphatic heterocycles. The lowest BCUT2D eigenvalue weighted by molar-refractivity contribution is -0.126. The van der Waals surface area contributed by atoms with Gasteiger partial charge in [-0.3, -0.25) is 4.79 Å². The monoisotopic (exact) mass is 256 g/mol. The summed E-state index contributed by atoms with van der Waals surface area (Å²) in [5, 5.41) is 12.6. The van der Waals surface area contributed by atoms with Gasteiger partial charge in [-0.2, -0.15) is 0 Å². The Morgan fingerprint density at radius 3 is 2.44 bits per heavy atom. The maximum Gasteiger partial charge on any atom is 0.223 e. The van der Waals surface area contributed by atoms with E-state index < -0.39 is 6.10 Å². The molecule has 0 heterocycles. The Bertz CT molecular complexity index is 248. The second-order valence-electron chi connectivity index (χ2n) is 5.98. The van der Waals surface area contributed by atoms with Gasteiger partial charge in [0.25, 0.3) is 0 Å². The second-order valence-corrected chi connectivity index (χ2v) is 5.98. The van der Waals surface area contributed by atoms with E-state index in [0.717, 1.165) is 38.6 Å². The predicted octanol–water partition coefficient (Wildman–Crippen LogP) is 1.27. The van der Waals surface area contributed by atoms with E-state index in [4.69, 9.17) is 5.73 Å². The van der Waals surface area contributed by atoms with Gasteiger partial charge in [-0.1, -0.05) is 13.8 Å². The third-order valence-electron chi connectivity index (χ3n) is 3.81. The lowest BCUT2D eigenvalue weighted by atomic mass is 9.81. The minimum absolute atomic E-state index is 0.105. The Hall–Kier alpha value is -0.610. The summed E-state index contributed by atoms with van der Waals surface area (Å²) in [6.45, 7) is 5.26. The van der Waals surface area contributed by atoms with Crippen LogP contribution in [0.25, 0.3) is 0 Å². The van der Waals surface area contributed by atoms with Gasteiger partial charge < -0.3 is 16.2 Å². The van der Waals surface area contributed by atoms with E-state index in [9.17, 15) is 9.90 Å². The molecule has 0 aromatic carbocycles. The van der Waals surface area contributed by atoms with Crippen molar-refractivity contribution < 1.29 is 9.90 Å². The molecule has 0 aromatic rings. The quantitative estimate of drug-likeness (QED) is 0.670. The lowest BCUT2D eigenvalue weighted by Gasteiger charge is -2.27. The molecule has 18 heavy (non-hydrogen) atoms. The minimum atomic E-state index is -0.422. The van der Waals surface area contributed by atoms with Gasteiger partial charge in [0.15, 0.2) is 0 Å². The van der Waals surface area contributed by atoms with E-state index in [-0.39, 0.29) is 11.8 Å². The first-order valence-corrected chi connectivity index (χ1v) is 7.18. The molecule has 1 aliphatic carbocycles. The number of hydrogen-bond acceptors (Lipinski definition) is 3. The highest BCUT2D eigenvalue weighted by atomic mass is 16.3. The summed E-state index contributed by atoms with van der Waals surface area (Å²) in [4.78, 5) is 11.9. The molecule has 4 heteroatoms. The van der Waals surface area contributed by atoms with Crippen LogP contribution < -0.4 is 11.1 Å². The van der Waals surface area contributed by atoms with Crippen molar-refractivity contribution in [2.75, 3.05) is 13.1 Å². The number of carbonyl (C=O) groups excluding carboxylic acids is 1. The largest absolute Gasteiger partial charge is 0.391 e. The maximum absolute atomic E-state index is 11.9. The number of aliphatic hydroxyl groups is 1. The fourth-order valence-electron chi connectivity index (χ4n) is 2.65. The van der Waals surface area contributed by atoms with Crippen LogP contribution in [0.1, 0.15) is 46.0 Å². The van der Waals surface area contributed by atoms with Crippen molar-refractivity contribution in [3.63, 3.8) is 0 Å². The first-order chi connectivity index (χ1) is 8.52. The van der Waals surface area contributed by atoms with E-state index in [1.54, 1.807) is 0 Å². The van der Waals surface area contributed by atoms with Crippen molar-refractivity contribution in [2.45, 2.75) is 52.1 Å². The van der Waals surface area contributed by atoms with Crippen molar-refractivity contribution >= 4 is 5.91 Å².